The van der Waals surface area contributed by atoms with Crippen LogP contribution in [0.15, 0.2) is 84.9 Å². The predicted octanol–water partition coefficient (Wildman–Crippen LogP) is 7.99. The van der Waals surface area contributed by atoms with Crippen molar-refractivity contribution in [1.29, 1.82) is 0 Å². The molecule has 0 saturated heterocycles. The first-order chi connectivity index (χ1) is 12.3. The van der Waals surface area contributed by atoms with Crippen LogP contribution in [0.3, 0.4) is 0 Å². The molecule has 5 aromatic carbocycles. The van der Waals surface area contributed by atoms with Gasteiger partial charge in [-0.15, -0.1) is 34.5 Å². The number of aryl methyl sites for hydroxylation is 1. The van der Waals surface area contributed by atoms with Crippen molar-refractivity contribution in [3.63, 3.8) is 0 Å². The molecular weight excluding hydrogens is 416 g/mol. The summed E-state index contributed by atoms with van der Waals surface area (Å²) in [6, 6.07) is 31.2. The summed E-state index contributed by atoms with van der Waals surface area (Å²) in [5.41, 5.74) is 4.06. The Morgan fingerprint density at radius 2 is 1.32 bits per heavy atom. The molecule has 0 nitrogen and oxygen atoms in total. The van der Waals surface area contributed by atoms with Crippen molar-refractivity contribution in [1.82, 2.24) is 0 Å². The second-order valence-corrected chi connectivity index (χ2v) is 6.71. The van der Waals surface area contributed by atoms with E-state index < -0.39 is 0 Å². The summed E-state index contributed by atoms with van der Waals surface area (Å²) in [7, 11) is 0. The number of hydrogen-bond acceptors (Lipinski definition) is 0. The van der Waals surface area contributed by atoms with Crippen LogP contribution in [0.1, 0.15) is 12.5 Å². The van der Waals surface area contributed by atoms with Crippen LogP contribution in [0.25, 0.3) is 43.4 Å². The molecule has 0 spiro atoms. The maximum Gasteiger partial charge on any atom is 3.00 e. The minimum atomic E-state index is 0. The van der Waals surface area contributed by atoms with Crippen molar-refractivity contribution in [2.24, 2.45) is 0 Å². The van der Waals surface area contributed by atoms with Gasteiger partial charge >= 0.3 is 26.2 Å². The normalized spacial score (nSPS) is 10.3. The fraction of sp³-hybridized carbons (Fsp3) is 0.0741. The molecule has 1 heteroatoms. The molecule has 0 amide bonds. The van der Waals surface area contributed by atoms with Gasteiger partial charge in [0.25, 0.3) is 0 Å². The molecule has 0 fully saturated rings. The Bertz CT molecular complexity index is 1230. The monoisotopic (exact) mass is 439 g/mol. The van der Waals surface area contributed by atoms with Crippen molar-refractivity contribution in [2.75, 3.05) is 0 Å². The van der Waals surface area contributed by atoms with E-state index in [1.165, 1.54) is 49.0 Å². The van der Waals surface area contributed by atoms with Crippen molar-refractivity contribution >= 4 is 32.3 Å². The number of rotatable bonds is 2. The quantitative estimate of drug-likeness (QED) is 0.193. The Balaban J connectivity index is 0.000000934. The third kappa shape index (κ3) is 3.49. The first-order valence-electron chi connectivity index (χ1n) is 8.94. The Hall–Kier alpha value is -2.11. The van der Waals surface area contributed by atoms with E-state index >= 15 is 0 Å². The summed E-state index contributed by atoms with van der Waals surface area (Å²) in [5, 5.41) is 7.98. The van der Waals surface area contributed by atoms with E-state index in [-0.39, 0.29) is 41.1 Å². The van der Waals surface area contributed by atoms with E-state index in [0.717, 1.165) is 6.42 Å². The summed E-state index contributed by atoms with van der Waals surface area (Å²) < 4.78 is 0. The fourth-order valence-electron chi connectivity index (χ4n) is 4.01. The fourth-order valence-corrected chi connectivity index (χ4v) is 4.01. The van der Waals surface area contributed by atoms with Crippen LogP contribution in [0.2, 0.25) is 0 Å². The number of benzene rings is 4. The van der Waals surface area contributed by atoms with Gasteiger partial charge in [0.1, 0.15) is 0 Å². The predicted molar refractivity (Wildman–Crippen MR) is 122 cm³/mol. The average molecular weight is 441 g/mol. The van der Waals surface area contributed by atoms with E-state index in [1.54, 1.807) is 0 Å². The van der Waals surface area contributed by atoms with E-state index in [4.69, 9.17) is 0 Å². The standard InChI is InChI=1S/C25H19.2CH3.Zr/c1-2-17-15-19-8-5-10-23(25(19)16-17)22-12-6-11-21-20-9-4-3-7-18(20)13-14-24(21)22;;;/h3-16H,2H2,1H3;2*1H3;/q3*-1;+3. The van der Waals surface area contributed by atoms with Crippen LogP contribution in [0, 0.1) is 14.9 Å². The molecule has 0 atom stereocenters. The summed E-state index contributed by atoms with van der Waals surface area (Å²) >= 11 is 0. The van der Waals surface area contributed by atoms with Gasteiger partial charge in [-0.25, -0.2) is 0 Å². The van der Waals surface area contributed by atoms with E-state index in [1.807, 2.05) is 0 Å². The van der Waals surface area contributed by atoms with Gasteiger partial charge in [-0.05, 0) is 33.5 Å². The van der Waals surface area contributed by atoms with E-state index in [2.05, 4.69) is 91.9 Å². The van der Waals surface area contributed by atoms with Crippen LogP contribution in [-0.4, -0.2) is 0 Å². The molecule has 137 valence electrons. The molecule has 0 N–H and O–H groups in total. The topological polar surface area (TPSA) is 0 Å². The van der Waals surface area contributed by atoms with Crippen molar-refractivity contribution in [3.8, 4) is 11.1 Å². The summed E-state index contributed by atoms with van der Waals surface area (Å²) in [4.78, 5) is 0. The van der Waals surface area contributed by atoms with E-state index in [0.29, 0.717) is 0 Å². The second-order valence-electron chi connectivity index (χ2n) is 6.71. The Kier molecular flexibility index (Phi) is 7.08. The van der Waals surface area contributed by atoms with Gasteiger partial charge in [-0.3, -0.25) is 0 Å². The van der Waals surface area contributed by atoms with Crippen LogP contribution in [0.5, 0.6) is 0 Å². The Labute approximate surface area is 187 Å². The molecule has 0 aromatic heterocycles. The summed E-state index contributed by atoms with van der Waals surface area (Å²) in [6.07, 6.45) is 1.08. The molecule has 28 heavy (non-hydrogen) atoms. The zero-order valence-corrected chi connectivity index (χ0v) is 19.2. The molecule has 0 aliphatic rings. The first-order valence-corrected chi connectivity index (χ1v) is 8.94. The number of fused-ring (bicyclic) bond motifs is 4. The molecule has 0 saturated carbocycles. The maximum absolute atomic E-state index is 2.35. The summed E-state index contributed by atoms with van der Waals surface area (Å²) in [5.74, 6) is 0. The van der Waals surface area contributed by atoms with Gasteiger partial charge in [0.05, 0.1) is 0 Å². The Morgan fingerprint density at radius 3 is 2.11 bits per heavy atom. The van der Waals surface area contributed by atoms with Gasteiger partial charge in [-0.2, -0.15) is 6.07 Å². The molecule has 0 bridgehead atoms. The van der Waals surface area contributed by atoms with Crippen LogP contribution in [-0.2, 0) is 32.6 Å². The zero-order valence-electron chi connectivity index (χ0n) is 16.8. The molecule has 0 aliphatic carbocycles. The molecular formula is C27H25Zr. The van der Waals surface area contributed by atoms with Crippen LogP contribution in [0.4, 0.5) is 0 Å². The van der Waals surface area contributed by atoms with Crippen molar-refractivity contribution < 1.29 is 26.2 Å². The SMILES string of the molecule is CCc1cc2c(-c3cccc4c3ccc3ccccc34)cccc2[cH-]1.[CH3-].[CH3-].[Zr+3]. The minimum Gasteiger partial charge on any atom is -0.358 e. The smallest absolute Gasteiger partial charge is 0.358 e. The number of hydrogen-bond donors (Lipinski definition) is 0. The first kappa shape index (κ1) is 22.2. The molecule has 1 radical (unpaired) electrons. The zero-order chi connectivity index (χ0) is 16.8. The molecule has 0 heterocycles. The van der Waals surface area contributed by atoms with Gasteiger partial charge in [-0.1, -0.05) is 73.2 Å². The third-order valence-corrected chi connectivity index (χ3v) is 5.30. The van der Waals surface area contributed by atoms with Crippen LogP contribution >= 0.6 is 0 Å². The second kappa shape index (κ2) is 8.93. The molecule has 0 aliphatic heterocycles. The van der Waals surface area contributed by atoms with Gasteiger partial charge in [0.2, 0.25) is 0 Å². The Morgan fingerprint density at radius 1 is 0.643 bits per heavy atom. The van der Waals surface area contributed by atoms with E-state index in [9.17, 15) is 0 Å². The maximum atomic E-state index is 2.35. The molecule has 5 rings (SSSR count). The van der Waals surface area contributed by atoms with Gasteiger partial charge in [0, 0.05) is 0 Å². The van der Waals surface area contributed by atoms with Gasteiger partial charge in [0.15, 0.2) is 0 Å². The third-order valence-electron chi connectivity index (χ3n) is 5.30. The molecule has 5 aromatic rings. The van der Waals surface area contributed by atoms with Crippen molar-refractivity contribution in [3.05, 3.63) is 105 Å². The largest absolute Gasteiger partial charge is 3.00 e. The summed E-state index contributed by atoms with van der Waals surface area (Å²) in [6.45, 7) is 2.22. The molecule has 0 unspecified atom stereocenters. The van der Waals surface area contributed by atoms with Crippen LogP contribution < -0.4 is 0 Å². The van der Waals surface area contributed by atoms with Gasteiger partial charge < -0.3 is 14.9 Å². The average Bonchev–Trinajstić information content (AvgIpc) is 3.11. The van der Waals surface area contributed by atoms with Crippen molar-refractivity contribution in [2.45, 2.75) is 13.3 Å². The minimum absolute atomic E-state index is 0.